The summed E-state index contributed by atoms with van der Waals surface area (Å²) in [6, 6.07) is 15.6. The van der Waals surface area contributed by atoms with Crippen LogP contribution in [-0.4, -0.2) is 30.3 Å². The Morgan fingerprint density at radius 2 is 1.81 bits per heavy atom. The molecule has 12 heteroatoms. The fraction of sp³-hybridized carbons (Fsp3) is 0.0833. The molecule has 0 aliphatic carbocycles. The fourth-order valence-electron chi connectivity index (χ4n) is 3.58. The second-order valence-corrected chi connectivity index (χ2v) is 8.65. The Kier molecular flexibility index (Phi) is 6.15. The van der Waals surface area contributed by atoms with Crippen LogP contribution in [0.15, 0.2) is 73.1 Å². The molecule has 0 saturated heterocycles. The smallest absolute Gasteiger partial charge is 0.318 e. The lowest BCUT2D eigenvalue weighted by molar-refractivity contribution is -0.142. The number of amides is 1. The number of hydrogen-bond donors (Lipinski definition) is 1. The summed E-state index contributed by atoms with van der Waals surface area (Å²) in [5.41, 5.74) is 0.334. The van der Waals surface area contributed by atoms with Gasteiger partial charge in [0.2, 0.25) is 0 Å². The molecule has 0 saturated carbocycles. The number of benzene rings is 2. The number of nitrogens with one attached hydrogen (secondary N) is 1. The van der Waals surface area contributed by atoms with Gasteiger partial charge in [-0.3, -0.25) is 9.48 Å². The highest BCUT2D eigenvalue weighted by Crippen LogP contribution is 2.32. The Hall–Kier alpha value is -3.89. The Morgan fingerprint density at radius 3 is 2.53 bits per heavy atom. The SMILES string of the molecule is O=C(Nc1cnn(Cc2ccc(Cl)cc2Cl)c1)c1cc2nc(-c3ccccc3)cc(C(F)(F)F)n2n1. The van der Waals surface area contributed by atoms with Crippen LogP contribution in [0, 0.1) is 0 Å². The monoisotopic (exact) mass is 530 g/mol. The Bertz CT molecular complexity index is 1580. The first-order valence-electron chi connectivity index (χ1n) is 10.5. The van der Waals surface area contributed by atoms with E-state index in [1.165, 1.54) is 12.3 Å². The molecule has 182 valence electrons. The number of rotatable bonds is 5. The molecule has 7 nitrogen and oxygen atoms in total. The largest absolute Gasteiger partial charge is 0.433 e. The summed E-state index contributed by atoms with van der Waals surface area (Å²) < 4.78 is 43.5. The van der Waals surface area contributed by atoms with E-state index in [0.29, 0.717) is 32.4 Å². The zero-order chi connectivity index (χ0) is 25.4. The molecule has 1 N–H and O–H groups in total. The predicted octanol–water partition coefficient (Wildman–Crippen LogP) is 6.22. The van der Waals surface area contributed by atoms with Gasteiger partial charge in [-0.15, -0.1) is 0 Å². The zero-order valence-electron chi connectivity index (χ0n) is 18.2. The number of anilines is 1. The van der Waals surface area contributed by atoms with E-state index in [-0.39, 0.29) is 17.0 Å². The van der Waals surface area contributed by atoms with Crippen molar-refractivity contribution in [2.75, 3.05) is 5.32 Å². The van der Waals surface area contributed by atoms with Gasteiger partial charge in [-0.2, -0.15) is 23.4 Å². The first-order valence-corrected chi connectivity index (χ1v) is 11.2. The van der Waals surface area contributed by atoms with Crippen molar-refractivity contribution in [1.29, 1.82) is 0 Å². The zero-order valence-corrected chi connectivity index (χ0v) is 19.7. The van der Waals surface area contributed by atoms with Crippen molar-refractivity contribution in [2.45, 2.75) is 12.7 Å². The van der Waals surface area contributed by atoms with Gasteiger partial charge in [-0.25, -0.2) is 9.50 Å². The maximum absolute atomic E-state index is 13.8. The van der Waals surface area contributed by atoms with Gasteiger partial charge in [0, 0.05) is 27.9 Å². The molecule has 3 aromatic heterocycles. The predicted molar refractivity (Wildman–Crippen MR) is 129 cm³/mol. The summed E-state index contributed by atoms with van der Waals surface area (Å²) in [5.74, 6) is -0.709. The number of carbonyl (C=O) groups is 1. The van der Waals surface area contributed by atoms with Crippen LogP contribution >= 0.6 is 23.2 Å². The van der Waals surface area contributed by atoms with E-state index < -0.39 is 17.8 Å². The number of alkyl halides is 3. The molecule has 3 heterocycles. The lowest BCUT2D eigenvalue weighted by Crippen LogP contribution is -2.15. The van der Waals surface area contributed by atoms with Crippen LogP contribution in [0.4, 0.5) is 18.9 Å². The van der Waals surface area contributed by atoms with Crippen LogP contribution in [0.2, 0.25) is 10.0 Å². The lowest BCUT2D eigenvalue weighted by Gasteiger charge is -2.10. The van der Waals surface area contributed by atoms with Crippen LogP contribution in [0.3, 0.4) is 0 Å². The molecule has 5 rings (SSSR count). The molecule has 0 aliphatic heterocycles. The first kappa shape index (κ1) is 23.8. The van der Waals surface area contributed by atoms with Crippen molar-refractivity contribution < 1.29 is 18.0 Å². The van der Waals surface area contributed by atoms with Crippen molar-refractivity contribution >= 4 is 40.4 Å². The van der Waals surface area contributed by atoms with Gasteiger partial charge < -0.3 is 5.32 Å². The van der Waals surface area contributed by atoms with E-state index in [0.717, 1.165) is 11.6 Å². The molecule has 0 bridgehead atoms. The number of carbonyl (C=O) groups excluding carboxylic acids is 1. The maximum atomic E-state index is 13.8. The number of hydrogen-bond acceptors (Lipinski definition) is 4. The van der Waals surface area contributed by atoms with Crippen LogP contribution in [-0.2, 0) is 12.7 Å². The molecule has 0 radical (unpaired) electrons. The van der Waals surface area contributed by atoms with Crippen LogP contribution in [0.25, 0.3) is 16.9 Å². The molecular weight excluding hydrogens is 516 g/mol. The van der Waals surface area contributed by atoms with Gasteiger partial charge in [0.05, 0.1) is 24.1 Å². The van der Waals surface area contributed by atoms with Crippen LogP contribution in [0.5, 0.6) is 0 Å². The third kappa shape index (κ3) is 4.91. The molecule has 5 aromatic rings. The average Bonchev–Trinajstić information content (AvgIpc) is 3.47. The Balaban J connectivity index is 1.41. The minimum Gasteiger partial charge on any atom is -0.318 e. The van der Waals surface area contributed by atoms with E-state index in [4.69, 9.17) is 23.2 Å². The summed E-state index contributed by atoms with van der Waals surface area (Å²) in [7, 11) is 0. The normalized spacial score (nSPS) is 11.7. The molecule has 0 unspecified atom stereocenters. The summed E-state index contributed by atoms with van der Waals surface area (Å²) in [4.78, 5) is 17.1. The quantitative estimate of drug-likeness (QED) is 0.292. The second-order valence-electron chi connectivity index (χ2n) is 7.81. The van der Waals surface area contributed by atoms with Gasteiger partial charge in [0.15, 0.2) is 17.0 Å². The Labute approximate surface area is 212 Å². The third-order valence-corrected chi connectivity index (χ3v) is 5.85. The molecule has 2 aromatic carbocycles. The van der Waals surface area contributed by atoms with Gasteiger partial charge in [0.1, 0.15) is 0 Å². The Morgan fingerprint density at radius 1 is 1.03 bits per heavy atom. The molecule has 36 heavy (non-hydrogen) atoms. The highest BCUT2D eigenvalue weighted by atomic mass is 35.5. The number of aromatic nitrogens is 5. The first-order chi connectivity index (χ1) is 17.2. The summed E-state index contributed by atoms with van der Waals surface area (Å²) in [5, 5.41) is 11.6. The minimum absolute atomic E-state index is 0.109. The number of halogens is 5. The highest BCUT2D eigenvalue weighted by molar-refractivity contribution is 6.35. The highest BCUT2D eigenvalue weighted by Gasteiger charge is 2.35. The van der Waals surface area contributed by atoms with Gasteiger partial charge in [0.25, 0.3) is 5.91 Å². The topological polar surface area (TPSA) is 77.1 Å². The van der Waals surface area contributed by atoms with E-state index in [1.54, 1.807) is 59.4 Å². The van der Waals surface area contributed by atoms with Crippen molar-refractivity contribution in [3.05, 3.63) is 100 Å². The second kappa shape index (κ2) is 9.29. The van der Waals surface area contributed by atoms with Crippen molar-refractivity contribution in [3.8, 4) is 11.3 Å². The van der Waals surface area contributed by atoms with Crippen LogP contribution < -0.4 is 5.32 Å². The molecule has 0 spiro atoms. The fourth-order valence-corrected chi connectivity index (χ4v) is 4.05. The summed E-state index contributed by atoms with van der Waals surface area (Å²) in [6.07, 6.45) is -1.75. The molecule has 1 amide bonds. The lowest BCUT2D eigenvalue weighted by atomic mass is 10.1. The van der Waals surface area contributed by atoms with Crippen molar-refractivity contribution in [1.82, 2.24) is 24.4 Å². The summed E-state index contributed by atoms with van der Waals surface area (Å²) >= 11 is 12.1. The van der Waals surface area contributed by atoms with E-state index in [9.17, 15) is 18.0 Å². The van der Waals surface area contributed by atoms with Crippen molar-refractivity contribution in [2.24, 2.45) is 0 Å². The minimum atomic E-state index is -4.71. The molecule has 0 fully saturated rings. The van der Waals surface area contributed by atoms with Crippen molar-refractivity contribution in [3.63, 3.8) is 0 Å². The summed E-state index contributed by atoms with van der Waals surface area (Å²) in [6.45, 7) is 0.321. The maximum Gasteiger partial charge on any atom is 0.433 e. The molecule has 0 atom stereocenters. The number of fused-ring (bicyclic) bond motifs is 1. The average molecular weight is 531 g/mol. The van der Waals surface area contributed by atoms with E-state index in [2.05, 4.69) is 20.5 Å². The van der Waals surface area contributed by atoms with Gasteiger partial charge in [-0.1, -0.05) is 59.6 Å². The number of nitrogens with zero attached hydrogens (tertiary/aromatic N) is 5. The molecular formula is C24H15Cl2F3N6O. The standard InChI is InChI=1S/C24H15Cl2F3N6O/c25-16-7-6-15(18(26)8-16)12-34-13-17(11-30-34)31-23(36)20-10-22-32-19(14-4-2-1-3-5-14)9-21(24(27,28)29)35(22)33-20/h1-11,13H,12H2,(H,31,36). The van der Waals surface area contributed by atoms with Crippen LogP contribution in [0.1, 0.15) is 21.7 Å². The van der Waals surface area contributed by atoms with Gasteiger partial charge >= 0.3 is 6.18 Å². The van der Waals surface area contributed by atoms with E-state index >= 15 is 0 Å². The van der Waals surface area contributed by atoms with Gasteiger partial charge in [-0.05, 0) is 23.8 Å². The van der Waals surface area contributed by atoms with E-state index in [1.807, 2.05) is 0 Å². The molecule has 0 aliphatic rings. The third-order valence-electron chi connectivity index (χ3n) is 5.26.